The van der Waals surface area contributed by atoms with Gasteiger partial charge >= 0.3 is 0 Å². The molecule has 4 heterocycles. The molecule has 0 atom stereocenters. The highest BCUT2D eigenvalue weighted by molar-refractivity contribution is 6.33. The van der Waals surface area contributed by atoms with E-state index in [1.807, 2.05) is 24.8 Å². The van der Waals surface area contributed by atoms with Crippen LogP contribution in [0, 0.1) is 55.4 Å². The van der Waals surface area contributed by atoms with Gasteiger partial charge in [-0.25, -0.2) is 39.9 Å². The van der Waals surface area contributed by atoms with Gasteiger partial charge in [-0.05, 0) is 185 Å². The van der Waals surface area contributed by atoms with Crippen LogP contribution in [-0.2, 0) is 0 Å². The Bertz CT molecular complexity index is 4910. The molecule has 12 aromatic carbocycles. The summed E-state index contributed by atoms with van der Waals surface area (Å²) in [7, 11) is 0. The fraction of sp³-hybridized carbons (Fsp3) is 0.100. The maximum atomic E-state index is 4.98. The normalized spacial score (nSPS) is 11.7. The van der Waals surface area contributed by atoms with E-state index in [2.05, 4.69) is 277 Å². The predicted octanol–water partition coefficient (Wildman–Crippen LogP) is 20.7. The van der Waals surface area contributed by atoms with Gasteiger partial charge in [-0.3, -0.25) is 0 Å². The topological polar surface area (TPSA) is 116 Å². The molecule has 0 amide bonds. The Morgan fingerprint density at radius 1 is 0.250 bits per heavy atom. The van der Waals surface area contributed by atoms with Crippen molar-refractivity contribution in [3.05, 3.63) is 277 Å². The van der Waals surface area contributed by atoms with E-state index >= 15 is 0 Å². The number of rotatable bonds is 12. The average molecular weight is 1190 g/mol. The molecule has 0 fully saturated rings. The van der Waals surface area contributed by atoms with Gasteiger partial charge < -0.3 is 19.6 Å². The lowest BCUT2D eigenvalue weighted by atomic mass is 9.88. The summed E-state index contributed by atoms with van der Waals surface area (Å²) >= 11 is 0. The third-order valence-corrected chi connectivity index (χ3v) is 18.5. The minimum atomic E-state index is 0.891. The predicted molar refractivity (Wildman–Crippen MR) is 379 cm³/mol. The lowest BCUT2D eigenvalue weighted by molar-refractivity contribution is 1.18. The zero-order chi connectivity index (χ0) is 62.5. The lowest BCUT2D eigenvalue weighted by Gasteiger charge is -2.36. The number of nitrogens with zero attached hydrogens (tertiary/aromatic N) is 12. The minimum Gasteiger partial charge on any atom is -0.309 e. The van der Waals surface area contributed by atoms with Crippen molar-refractivity contribution in [1.82, 2.24) is 39.9 Å². The van der Waals surface area contributed by atoms with E-state index in [1.54, 1.807) is 25.3 Å². The Hall–Kier alpha value is -11.8. The highest BCUT2D eigenvalue weighted by atomic mass is 15.2. The van der Waals surface area contributed by atoms with Gasteiger partial charge in [0, 0.05) is 101 Å². The smallest absolute Gasteiger partial charge is 0.116 e. The van der Waals surface area contributed by atoms with Crippen molar-refractivity contribution in [2.45, 2.75) is 55.4 Å². The molecule has 0 aliphatic rings. The van der Waals surface area contributed by atoms with Crippen LogP contribution in [0.1, 0.15) is 44.5 Å². The fourth-order valence-electron chi connectivity index (χ4n) is 14.8. The van der Waals surface area contributed by atoms with Crippen LogP contribution in [-0.4, -0.2) is 39.9 Å². The van der Waals surface area contributed by atoms with Crippen molar-refractivity contribution in [2.24, 2.45) is 0 Å². The van der Waals surface area contributed by atoms with E-state index in [0.29, 0.717) is 0 Å². The van der Waals surface area contributed by atoms with Gasteiger partial charge in [0.1, 0.15) is 25.3 Å². The summed E-state index contributed by atoms with van der Waals surface area (Å²) in [6.07, 6.45) is 14.3. The summed E-state index contributed by atoms with van der Waals surface area (Å²) in [6.45, 7) is 17.6. The number of hydrogen-bond acceptors (Lipinski definition) is 12. The van der Waals surface area contributed by atoms with E-state index < -0.39 is 0 Å². The third kappa shape index (κ3) is 8.81. The number of aryl methyl sites for hydroxylation is 8. The SMILES string of the molecule is Cc1cc2cncnc2c(C)c1N(c1ccccc1)c1cc(N(c2ccccc2)c2c(C)cc3cncnc3c2C)c2ccc3c(N(c4ccccc4)c4c(C)cc5cncnc5c4C)cc(N(c4ccccc4)c4c(C)cc5cncnc5c4C)c4ccc1c2c43. The van der Waals surface area contributed by atoms with Crippen LogP contribution in [0.15, 0.2) is 232 Å². The largest absolute Gasteiger partial charge is 0.309 e. The monoisotopic (exact) mass is 1190 g/mol. The molecule has 0 unspecified atom stereocenters. The maximum Gasteiger partial charge on any atom is 0.116 e. The molecule has 0 N–H and O–H groups in total. The standard InChI is InChI=1S/C80H62N12/c1-47-33-55-39-81-43-85-73(55)51(5)77(47)89(59-21-13-9-14-22-59)67-37-68(90(60-23-15-10-16-24-60)78-48(2)34-56-40-82-44-86-74(56)52(78)6)64-31-32-66-70(92(62-27-19-12-20-28-62)80-50(4)36-58-42-84-46-88-76(58)54(80)8)38-69(65-30-29-63(67)71(64)72(65)66)91(61-25-17-11-18-26-61)79-49(3)35-57-41-83-45-87-75(57)53(79)7/h9-46H,1-8H3. The van der Waals surface area contributed by atoms with Crippen LogP contribution >= 0.6 is 0 Å². The number of hydrogen-bond donors (Lipinski definition) is 0. The molecule has 16 aromatic rings. The zero-order valence-electron chi connectivity index (χ0n) is 52.3. The number of para-hydroxylation sites is 4. The van der Waals surface area contributed by atoms with Crippen molar-refractivity contribution >= 4 is 144 Å². The molecule has 4 aromatic heterocycles. The Morgan fingerprint density at radius 2 is 0.467 bits per heavy atom. The van der Waals surface area contributed by atoms with Crippen LogP contribution in [0.25, 0.3) is 75.9 Å². The van der Waals surface area contributed by atoms with Crippen LogP contribution in [0.4, 0.5) is 68.2 Å². The molecule has 92 heavy (non-hydrogen) atoms. The first kappa shape index (κ1) is 55.5. The van der Waals surface area contributed by atoms with Crippen LogP contribution in [0.2, 0.25) is 0 Å². The summed E-state index contributed by atoms with van der Waals surface area (Å²) < 4.78 is 0. The van der Waals surface area contributed by atoms with Crippen molar-refractivity contribution in [3.63, 3.8) is 0 Å². The number of aromatic nitrogens is 8. The number of anilines is 12. The quantitative estimate of drug-likeness (QED) is 0.108. The lowest BCUT2D eigenvalue weighted by Crippen LogP contribution is -2.18. The van der Waals surface area contributed by atoms with E-state index in [1.165, 1.54) is 0 Å². The third-order valence-electron chi connectivity index (χ3n) is 18.5. The van der Waals surface area contributed by atoms with Gasteiger partial charge in [-0.2, -0.15) is 0 Å². The molecule has 0 saturated carbocycles. The molecule has 0 bridgehead atoms. The summed E-state index contributed by atoms with van der Waals surface area (Å²) in [4.78, 5) is 47.8. The first-order chi connectivity index (χ1) is 45.0. The molecule has 12 nitrogen and oxygen atoms in total. The number of benzene rings is 12. The highest BCUT2D eigenvalue weighted by Crippen LogP contribution is 2.57. The summed E-state index contributed by atoms with van der Waals surface area (Å²) in [5.74, 6) is 0. The molecule has 0 spiro atoms. The highest BCUT2D eigenvalue weighted by Gasteiger charge is 2.33. The van der Waals surface area contributed by atoms with E-state index in [-0.39, 0.29) is 0 Å². The first-order valence-electron chi connectivity index (χ1n) is 31.0. The van der Waals surface area contributed by atoms with Gasteiger partial charge in [0.2, 0.25) is 0 Å². The molecule has 0 radical (unpaired) electrons. The molecular weight excluding hydrogens is 1130 g/mol. The minimum absolute atomic E-state index is 0.891. The van der Waals surface area contributed by atoms with Crippen LogP contribution in [0.5, 0.6) is 0 Å². The molecule has 0 saturated heterocycles. The Balaban J connectivity index is 1.14. The maximum absolute atomic E-state index is 4.98. The molecule has 12 heteroatoms. The molecule has 442 valence electrons. The van der Waals surface area contributed by atoms with E-state index in [0.717, 1.165) is 189 Å². The van der Waals surface area contributed by atoms with E-state index in [4.69, 9.17) is 19.9 Å². The fourth-order valence-corrected chi connectivity index (χ4v) is 14.8. The second kappa shape index (κ2) is 22.1. The molecule has 16 rings (SSSR count). The van der Waals surface area contributed by atoms with Gasteiger partial charge in [-0.15, -0.1) is 0 Å². The van der Waals surface area contributed by atoms with Crippen molar-refractivity contribution in [2.75, 3.05) is 19.6 Å². The second-order valence-corrected chi connectivity index (χ2v) is 24.1. The zero-order valence-corrected chi connectivity index (χ0v) is 52.3. The molecule has 0 aliphatic heterocycles. The Labute approximate surface area is 532 Å². The van der Waals surface area contributed by atoms with Crippen molar-refractivity contribution < 1.29 is 0 Å². The average Bonchev–Trinajstić information content (AvgIpc) is 0.699. The first-order valence-corrected chi connectivity index (χ1v) is 31.0. The summed E-state index contributed by atoms with van der Waals surface area (Å²) in [6, 6.07) is 66.4. The van der Waals surface area contributed by atoms with Gasteiger partial charge in [0.15, 0.2) is 0 Å². The molecular formula is C80H62N12. The van der Waals surface area contributed by atoms with Gasteiger partial charge in [-0.1, -0.05) is 97.1 Å². The molecule has 0 aliphatic carbocycles. The van der Waals surface area contributed by atoms with E-state index in [9.17, 15) is 0 Å². The van der Waals surface area contributed by atoms with Gasteiger partial charge in [0.05, 0.1) is 67.6 Å². The van der Waals surface area contributed by atoms with Crippen LogP contribution in [0.3, 0.4) is 0 Å². The van der Waals surface area contributed by atoms with Gasteiger partial charge in [0.25, 0.3) is 0 Å². The second-order valence-electron chi connectivity index (χ2n) is 24.1. The van der Waals surface area contributed by atoms with Crippen LogP contribution < -0.4 is 19.6 Å². The summed E-state index contributed by atoms with van der Waals surface area (Å²) in [5, 5.41) is 10.4. The summed E-state index contributed by atoms with van der Waals surface area (Å²) in [5.41, 5.74) is 24.1. The van der Waals surface area contributed by atoms with Crippen molar-refractivity contribution in [1.29, 1.82) is 0 Å². The van der Waals surface area contributed by atoms with Crippen molar-refractivity contribution in [3.8, 4) is 0 Å². The Morgan fingerprint density at radius 3 is 0.685 bits per heavy atom. The number of fused-ring (bicyclic) bond motifs is 4. The Kier molecular flexibility index (Phi) is 13.3.